The van der Waals surface area contributed by atoms with E-state index >= 15 is 0 Å². The van der Waals surface area contributed by atoms with Crippen LogP contribution in [0.15, 0.2) is 48.5 Å². The summed E-state index contributed by atoms with van der Waals surface area (Å²) >= 11 is 5.94. The van der Waals surface area contributed by atoms with E-state index in [1.165, 1.54) is 0 Å². The van der Waals surface area contributed by atoms with Gasteiger partial charge in [0.15, 0.2) is 0 Å². The van der Waals surface area contributed by atoms with E-state index in [9.17, 15) is 5.11 Å². The van der Waals surface area contributed by atoms with Gasteiger partial charge >= 0.3 is 0 Å². The van der Waals surface area contributed by atoms with Gasteiger partial charge in [-0.25, -0.2) is 0 Å². The van der Waals surface area contributed by atoms with Crippen molar-refractivity contribution in [2.24, 2.45) is 0 Å². The highest BCUT2D eigenvalue weighted by Crippen LogP contribution is 2.16. The van der Waals surface area contributed by atoms with Crippen LogP contribution in [0.2, 0.25) is 5.02 Å². The molecule has 112 valence electrons. The van der Waals surface area contributed by atoms with Crippen molar-refractivity contribution in [2.45, 2.75) is 26.2 Å². The summed E-state index contributed by atoms with van der Waals surface area (Å²) in [5.74, 6) is 0.828. The third-order valence-electron chi connectivity index (χ3n) is 2.99. The van der Waals surface area contributed by atoms with E-state index < -0.39 is 0 Å². The maximum Gasteiger partial charge on any atom is 0.119 e. The van der Waals surface area contributed by atoms with E-state index in [0.717, 1.165) is 28.4 Å². The second-order valence-corrected chi connectivity index (χ2v) is 5.48. The lowest BCUT2D eigenvalue weighted by Crippen LogP contribution is -2.23. The average Bonchev–Trinajstić information content (AvgIpc) is 2.46. The predicted octanol–water partition coefficient (Wildman–Crippen LogP) is 3.39. The molecular formula is C17H20ClNO2. The molecule has 2 aromatic carbocycles. The summed E-state index contributed by atoms with van der Waals surface area (Å²) in [5, 5.41) is 13.1. The van der Waals surface area contributed by atoms with Gasteiger partial charge in [0.05, 0.1) is 6.10 Å². The highest BCUT2D eigenvalue weighted by atomic mass is 35.5. The van der Waals surface area contributed by atoms with Crippen LogP contribution in [0.25, 0.3) is 0 Å². The van der Waals surface area contributed by atoms with Crippen LogP contribution in [0.1, 0.15) is 18.1 Å². The third-order valence-corrected chi connectivity index (χ3v) is 3.22. The summed E-state index contributed by atoms with van der Waals surface area (Å²) in [6.07, 6.45) is -0.328. The maximum absolute atomic E-state index is 9.18. The second-order valence-electron chi connectivity index (χ2n) is 5.04. The summed E-state index contributed by atoms with van der Waals surface area (Å²) in [4.78, 5) is 0. The average molecular weight is 306 g/mol. The van der Waals surface area contributed by atoms with Crippen LogP contribution >= 0.6 is 11.6 Å². The fraction of sp³-hybridized carbons (Fsp3) is 0.294. The molecule has 0 amide bonds. The van der Waals surface area contributed by atoms with Crippen molar-refractivity contribution < 1.29 is 9.84 Å². The van der Waals surface area contributed by atoms with Gasteiger partial charge in [0.25, 0.3) is 0 Å². The van der Waals surface area contributed by atoms with E-state index in [0.29, 0.717) is 13.2 Å². The first-order chi connectivity index (χ1) is 10.1. The molecule has 0 saturated heterocycles. The van der Waals surface area contributed by atoms with E-state index in [4.69, 9.17) is 16.3 Å². The van der Waals surface area contributed by atoms with Gasteiger partial charge in [-0.3, -0.25) is 0 Å². The number of aliphatic hydroxyl groups is 1. The summed E-state index contributed by atoms with van der Waals surface area (Å²) in [6, 6.07) is 15.6. The number of halogens is 1. The van der Waals surface area contributed by atoms with Crippen molar-refractivity contribution in [3.63, 3.8) is 0 Å². The van der Waals surface area contributed by atoms with Crippen molar-refractivity contribution in [1.82, 2.24) is 5.32 Å². The zero-order valence-electron chi connectivity index (χ0n) is 12.1. The molecule has 0 spiro atoms. The van der Waals surface area contributed by atoms with Gasteiger partial charge in [0.1, 0.15) is 12.4 Å². The molecule has 0 aliphatic heterocycles. The van der Waals surface area contributed by atoms with Crippen LogP contribution in [0.5, 0.6) is 5.75 Å². The minimum atomic E-state index is -0.328. The molecule has 1 unspecified atom stereocenters. The van der Waals surface area contributed by atoms with Crippen LogP contribution in [-0.2, 0) is 13.2 Å². The molecule has 0 saturated carbocycles. The zero-order chi connectivity index (χ0) is 15.1. The highest BCUT2D eigenvalue weighted by molar-refractivity contribution is 6.30. The number of hydrogen-bond acceptors (Lipinski definition) is 3. The van der Waals surface area contributed by atoms with E-state index in [2.05, 4.69) is 5.32 Å². The molecule has 1 atom stereocenters. The lowest BCUT2D eigenvalue weighted by molar-refractivity contribution is 0.191. The highest BCUT2D eigenvalue weighted by Gasteiger charge is 1.99. The predicted molar refractivity (Wildman–Crippen MR) is 85.6 cm³/mol. The van der Waals surface area contributed by atoms with Crippen molar-refractivity contribution in [3.8, 4) is 5.75 Å². The number of hydrogen-bond donors (Lipinski definition) is 2. The van der Waals surface area contributed by atoms with Gasteiger partial charge in [-0.15, -0.1) is 0 Å². The Labute approximate surface area is 130 Å². The molecule has 0 aliphatic carbocycles. The molecule has 21 heavy (non-hydrogen) atoms. The first kappa shape index (κ1) is 15.8. The Morgan fingerprint density at radius 3 is 2.57 bits per heavy atom. The van der Waals surface area contributed by atoms with Gasteiger partial charge in [-0.05, 0) is 42.3 Å². The SMILES string of the molecule is CC(O)CNCc1ccc(OCc2cccc(Cl)c2)cc1. The smallest absolute Gasteiger partial charge is 0.119 e. The third kappa shape index (κ3) is 5.76. The molecule has 2 rings (SSSR count). The quantitative estimate of drug-likeness (QED) is 0.824. The van der Waals surface area contributed by atoms with Crippen LogP contribution in [0, 0.1) is 0 Å². The molecule has 0 aliphatic rings. The van der Waals surface area contributed by atoms with Gasteiger partial charge < -0.3 is 15.2 Å². The van der Waals surface area contributed by atoms with Crippen LogP contribution in [0.3, 0.4) is 0 Å². The Balaban J connectivity index is 1.82. The van der Waals surface area contributed by atoms with Crippen LogP contribution in [0.4, 0.5) is 0 Å². The molecule has 0 bridgehead atoms. The number of nitrogens with one attached hydrogen (secondary N) is 1. The zero-order valence-corrected chi connectivity index (χ0v) is 12.8. The largest absolute Gasteiger partial charge is 0.489 e. The summed E-state index contributed by atoms with van der Waals surface area (Å²) < 4.78 is 5.73. The minimum absolute atomic E-state index is 0.328. The van der Waals surface area contributed by atoms with E-state index in [1.54, 1.807) is 6.92 Å². The molecule has 3 nitrogen and oxygen atoms in total. The van der Waals surface area contributed by atoms with Gasteiger partial charge in [-0.1, -0.05) is 35.9 Å². The summed E-state index contributed by atoms with van der Waals surface area (Å²) in [5.41, 5.74) is 2.20. The maximum atomic E-state index is 9.18. The molecule has 2 aromatic rings. The first-order valence-electron chi connectivity index (χ1n) is 6.98. The molecule has 4 heteroatoms. The molecule has 2 N–H and O–H groups in total. The number of ether oxygens (including phenoxy) is 1. The Kier molecular flexibility index (Phi) is 6.05. The number of benzene rings is 2. The molecule has 0 heterocycles. The standard InChI is InChI=1S/C17H20ClNO2/c1-13(20)10-19-11-14-5-7-17(8-6-14)21-12-15-3-2-4-16(18)9-15/h2-9,13,19-20H,10-12H2,1H3. The number of rotatable bonds is 7. The normalized spacial score (nSPS) is 12.1. The van der Waals surface area contributed by atoms with Gasteiger partial charge in [0.2, 0.25) is 0 Å². The lowest BCUT2D eigenvalue weighted by Gasteiger charge is -2.09. The molecular weight excluding hydrogens is 286 g/mol. The molecule has 0 radical (unpaired) electrons. The van der Waals surface area contributed by atoms with Crippen molar-refractivity contribution in [2.75, 3.05) is 6.54 Å². The van der Waals surface area contributed by atoms with Crippen molar-refractivity contribution in [1.29, 1.82) is 0 Å². The van der Waals surface area contributed by atoms with Crippen molar-refractivity contribution in [3.05, 3.63) is 64.7 Å². The topological polar surface area (TPSA) is 41.5 Å². The van der Waals surface area contributed by atoms with E-state index in [-0.39, 0.29) is 6.10 Å². The summed E-state index contributed by atoms with van der Waals surface area (Å²) in [6.45, 7) is 3.59. The molecule has 0 fully saturated rings. The minimum Gasteiger partial charge on any atom is -0.489 e. The molecule has 0 aromatic heterocycles. The lowest BCUT2D eigenvalue weighted by atomic mass is 10.2. The second kappa shape index (κ2) is 8.03. The summed E-state index contributed by atoms with van der Waals surface area (Å²) in [7, 11) is 0. The Hall–Kier alpha value is -1.55. The fourth-order valence-electron chi connectivity index (χ4n) is 1.92. The Bertz CT molecular complexity index is 555. The van der Waals surface area contributed by atoms with Crippen LogP contribution < -0.4 is 10.1 Å². The Morgan fingerprint density at radius 2 is 1.90 bits per heavy atom. The van der Waals surface area contributed by atoms with Gasteiger partial charge in [0, 0.05) is 18.1 Å². The fourth-order valence-corrected chi connectivity index (χ4v) is 2.14. The van der Waals surface area contributed by atoms with Gasteiger partial charge in [-0.2, -0.15) is 0 Å². The number of aliphatic hydroxyl groups excluding tert-OH is 1. The first-order valence-corrected chi connectivity index (χ1v) is 7.36. The monoisotopic (exact) mass is 305 g/mol. The van der Waals surface area contributed by atoms with E-state index in [1.807, 2.05) is 48.5 Å². The Morgan fingerprint density at radius 1 is 1.14 bits per heavy atom. The van der Waals surface area contributed by atoms with Crippen molar-refractivity contribution >= 4 is 11.6 Å². The van der Waals surface area contributed by atoms with Crippen LogP contribution in [-0.4, -0.2) is 17.8 Å².